The second-order valence-electron chi connectivity index (χ2n) is 4.33. The predicted molar refractivity (Wildman–Crippen MR) is 70.0 cm³/mol. The summed E-state index contributed by atoms with van der Waals surface area (Å²) in [5.74, 6) is -0.0947. The number of nitrogens with one attached hydrogen (secondary N) is 1. The quantitative estimate of drug-likeness (QED) is 0.805. The summed E-state index contributed by atoms with van der Waals surface area (Å²) in [4.78, 5) is 29.5. The standard InChI is InChI=1S/C13H17N3O3/c1-19-11(17)9-15-13(18)10-5-4-6-14-12(10)16-7-2-3-8-16/h4-6H,2-3,7-9H2,1H3,(H,15,18). The first-order valence-electron chi connectivity index (χ1n) is 6.27. The van der Waals surface area contributed by atoms with E-state index in [2.05, 4.69) is 19.9 Å². The maximum absolute atomic E-state index is 12.1. The van der Waals surface area contributed by atoms with E-state index in [0.29, 0.717) is 11.4 Å². The van der Waals surface area contributed by atoms with Crippen LogP contribution in [-0.4, -0.2) is 43.6 Å². The lowest BCUT2D eigenvalue weighted by Gasteiger charge is -2.19. The molecule has 0 aliphatic carbocycles. The molecule has 1 aliphatic rings. The van der Waals surface area contributed by atoms with Gasteiger partial charge in [-0.3, -0.25) is 9.59 Å². The third kappa shape index (κ3) is 3.21. The number of anilines is 1. The highest BCUT2D eigenvalue weighted by atomic mass is 16.5. The van der Waals surface area contributed by atoms with Crippen LogP contribution in [-0.2, 0) is 9.53 Å². The number of nitrogens with zero attached hydrogens (tertiary/aromatic N) is 2. The van der Waals surface area contributed by atoms with Crippen molar-refractivity contribution in [1.29, 1.82) is 0 Å². The van der Waals surface area contributed by atoms with E-state index in [0.717, 1.165) is 25.9 Å². The predicted octanol–water partition coefficient (Wildman–Crippen LogP) is 0.585. The van der Waals surface area contributed by atoms with Crippen LogP contribution in [0.25, 0.3) is 0 Å². The molecule has 19 heavy (non-hydrogen) atoms. The fraction of sp³-hybridized carbons (Fsp3) is 0.462. The van der Waals surface area contributed by atoms with Crippen LogP contribution < -0.4 is 10.2 Å². The van der Waals surface area contributed by atoms with Gasteiger partial charge in [-0.1, -0.05) is 0 Å². The number of rotatable bonds is 4. The molecule has 0 saturated carbocycles. The van der Waals surface area contributed by atoms with Gasteiger partial charge in [0.05, 0.1) is 12.7 Å². The Morgan fingerprint density at radius 1 is 1.42 bits per heavy atom. The second-order valence-corrected chi connectivity index (χ2v) is 4.33. The van der Waals surface area contributed by atoms with Gasteiger partial charge in [-0.25, -0.2) is 4.98 Å². The van der Waals surface area contributed by atoms with Crippen molar-refractivity contribution in [2.45, 2.75) is 12.8 Å². The molecule has 1 aliphatic heterocycles. The molecule has 0 atom stereocenters. The van der Waals surface area contributed by atoms with Crippen molar-refractivity contribution >= 4 is 17.7 Å². The largest absolute Gasteiger partial charge is 0.468 e. The molecule has 1 amide bonds. The number of esters is 1. The highest BCUT2D eigenvalue weighted by Gasteiger charge is 2.20. The van der Waals surface area contributed by atoms with Crippen LogP contribution in [0, 0.1) is 0 Å². The van der Waals surface area contributed by atoms with Gasteiger partial charge in [-0.15, -0.1) is 0 Å². The van der Waals surface area contributed by atoms with Crippen molar-refractivity contribution in [2.75, 3.05) is 31.6 Å². The molecule has 1 saturated heterocycles. The van der Waals surface area contributed by atoms with Crippen molar-refractivity contribution in [3.8, 4) is 0 Å². The number of hydrogen-bond acceptors (Lipinski definition) is 5. The summed E-state index contributed by atoms with van der Waals surface area (Å²) in [5.41, 5.74) is 0.494. The van der Waals surface area contributed by atoms with E-state index in [-0.39, 0.29) is 12.5 Å². The van der Waals surface area contributed by atoms with Crippen LogP contribution >= 0.6 is 0 Å². The minimum Gasteiger partial charge on any atom is -0.468 e. The maximum atomic E-state index is 12.1. The smallest absolute Gasteiger partial charge is 0.325 e. The molecule has 6 heteroatoms. The van der Waals surface area contributed by atoms with Crippen molar-refractivity contribution in [3.63, 3.8) is 0 Å². The van der Waals surface area contributed by atoms with Crippen molar-refractivity contribution < 1.29 is 14.3 Å². The van der Waals surface area contributed by atoms with Crippen LogP contribution in [0.15, 0.2) is 18.3 Å². The molecule has 0 aromatic carbocycles. The van der Waals surface area contributed by atoms with Crippen molar-refractivity contribution in [2.24, 2.45) is 0 Å². The number of hydrogen-bond donors (Lipinski definition) is 1. The van der Waals surface area contributed by atoms with Gasteiger partial charge in [0.2, 0.25) is 0 Å². The Bertz CT molecular complexity index is 470. The monoisotopic (exact) mass is 263 g/mol. The summed E-state index contributed by atoms with van der Waals surface area (Å²) in [6.45, 7) is 1.69. The lowest BCUT2D eigenvalue weighted by atomic mass is 10.2. The minimum absolute atomic E-state index is 0.135. The third-order valence-electron chi connectivity index (χ3n) is 3.06. The van der Waals surface area contributed by atoms with E-state index in [1.807, 2.05) is 0 Å². The molecule has 0 spiro atoms. The average molecular weight is 263 g/mol. The average Bonchev–Trinajstić information content (AvgIpc) is 2.98. The van der Waals surface area contributed by atoms with Gasteiger partial charge in [0.15, 0.2) is 0 Å². The molecule has 1 aromatic heterocycles. The van der Waals surface area contributed by atoms with Gasteiger partial charge in [-0.05, 0) is 25.0 Å². The number of carbonyl (C=O) groups is 2. The third-order valence-corrected chi connectivity index (χ3v) is 3.06. The normalized spacial score (nSPS) is 14.3. The Morgan fingerprint density at radius 2 is 2.16 bits per heavy atom. The zero-order chi connectivity index (χ0) is 13.7. The van der Waals surface area contributed by atoms with Gasteiger partial charge in [0.25, 0.3) is 5.91 Å². The van der Waals surface area contributed by atoms with Gasteiger partial charge in [0, 0.05) is 19.3 Å². The van der Waals surface area contributed by atoms with Gasteiger partial charge in [0.1, 0.15) is 12.4 Å². The van der Waals surface area contributed by atoms with E-state index < -0.39 is 5.97 Å². The molecule has 6 nitrogen and oxygen atoms in total. The number of pyridine rings is 1. The molecule has 0 unspecified atom stereocenters. The van der Waals surface area contributed by atoms with Crippen LogP contribution in [0.4, 0.5) is 5.82 Å². The van der Waals surface area contributed by atoms with Crippen LogP contribution in [0.3, 0.4) is 0 Å². The summed E-state index contributed by atoms with van der Waals surface area (Å²) in [6, 6.07) is 3.43. The Labute approximate surface area is 111 Å². The molecule has 0 radical (unpaired) electrons. The summed E-state index contributed by atoms with van der Waals surface area (Å²) >= 11 is 0. The van der Waals surface area contributed by atoms with Crippen molar-refractivity contribution in [1.82, 2.24) is 10.3 Å². The van der Waals surface area contributed by atoms with Crippen LogP contribution in [0.1, 0.15) is 23.2 Å². The number of aromatic nitrogens is 1. The Kier molecular flexibility index (Phi) is 4.33. The Morgan fingerprint density at radius 3 is 2.84 bits per heavy atom. The number of carbonyl (C=O) groups excluding carboxylic acids is 2. The summed E-state index contributed by atoms with van der Waals surface area (Å²) in [6.07, 6.45) is 3.89. The van der Waals surface area contributed by atoms with E-state index in [9.17, 15) is 9.59 Å². The Balaban J connectivity index is 2.10. The molecule has 1 aromatic rings. The van der Waals surface area contributed by atoms with E-state index in [1.54, 1.807) is 18.3 Å². The van der Waals surface area contributed by atoms with E-state index in [4.69, 9.17) is 0 Å². The summed E-state index contributed by atoms with van der Waals surface area (Å²) < 4.78 is 4.49. The van der Waals surface area contributed by atoms with E-state index in [1.165, 1.54) is 7.11 Å². The lowest BCUT2D eigenvalue weighted by Crippen LogP contribution is -2.32. The molecule has 102 valence electrons. The van der Waals surface area contributed by atoms with E-state index >= 15 is 0 Å². The van der Waals surface area contributed by atoms with Gasteiger partial charge >= 0.3 is 5.97 Å². The molecule has 0 bridgehead atoms. The Hall–Kier alpha value is -2.11. The van der Waals surface area contributed by atoms with Gasteiger partial charge in [-0.2, -0.15) is 0 Å². The van der Waals surface area contributed by atoms with Crippen LogP contribution in [0.2, 0.25) is 0 Å². The highest BCUT2D eigenvalue weighted by Crippen LogP contribution is 2.21. The number of ether oxygens (including phenoxy) is 1. The topological polar surface area (TPSA) is 71.5 Å². The van der Waals surface area contributed by atoms with Crippen LogP contribution in [0.5, 0.6) is 0 Å². The molecule has 1 fully saturated rings. The lowest BCUT2D eigenvalue weighted by molar-refractivity contribution is -0.139. The number of methoxy groups -OCH3 is 1. The first-order chi connectivity index (χ1) is 9.22. The summed E-state index contributed by atoms with van der Waals surface area (Å²) in [7, 11) is 1.29. The first kappa shape index (κ1) is 13.3. The zero-order valence-corrected chi connectivity index (χ0v) is 10.9. The second kappa shape index (κ2) is 6.17. The fourth-order valence-electron chi connectivity index (χ4n) is 2.07. The summed E-state index contributed by atoms with van der Waals surface area (Å²) in [5, 5.41) is 2.53. The molecular weight excluding hydrogens is 246 g/mol. The SMILES string of the molecule is COC(=O)CNC(=O)c1cccnc1N1CCCC1. The number of amides is 1. The molecule has 2 heterocycles. The molecule has 2 rings (SSSR count). The van der Waals surface area contributed by atoms with Crippen molar-refractivity contribution in [3.05, 3.63) is 23.9 Å². The maximum Gasteiger partial charge on any atom is 0.325 e. The molecule has 1 N–H and O–H groups in total. The van der Waals surface area contributed by atoms with Gasteiger partial charge < -0.3 is 15.0 Å². The molecular formula is C13H17N3O3. The fourth-order valence-corrected chi connectivity index (χ4v) is 2.07. The highest BCUT2D eigenvalue weighted by molar-refractivity contribution is 6.00. The minimum atomic E-state index is -0.472. The first-order valence-corrected chi connectivity index (χ1v) is 6.27. The zero-order valence-electron chi connectivity index (χ0n) is 10.9.